The van der Waals surface area contributed by atoms with E-state index in [2.05, 4.69) is 53.5 Å². The van der Waals surface area contributed by atoms with Gasteiger partial charge in [0.1, 0.15) is 18.0 Å². The standard InChI is InChI=1S/C28H23NO2/c30-28(18-31-22-12-9-20-7-4-16-29-26(20)17-22)15-3-6-21-11-13-24-23-8-2-1-5-19(23)10-14-25(24)27(21)28/h1-2,4-5,7-14,16-17,30H,3,6,15,18H2. The number of pyridine rings is 1. The van der Waals surface area contributed by atoms with Crippen molar-refractivity contribution in [3.05, 3.63) is 96.2 Å². The molecule has 0 fully saturated rings. The molecule has 0 bridgehead atoms. The van der Waals surface area contributed by atoms with Gasteiger partial charge in [-0.2, -0.15) is 0 Å². The van der Waals surface area contributed by atoms with Crippen LogP contribution in [0.1, 0.15) is 24.0 Å². The highest BCUT2D eigenvalue weighted by Crippen LogP contribution is 2.42. The molecule has 1 unspecified atom stereocenters. The number of hydrogen-bond donors (Lipinski definition) is 1. The predicted octanol–water partition coefficient (Wildman–Crippen LogP) is 6.14. The Kier molecular flexibility index (Phi) is 4.18. The molecule has 0 radical (unpaired) electrons. The van der Waals surface area contributed by atoms with E-state index in [1.54, 1.807) is 6.20 Å². The fraction of sp³-hybridized carbons (Fsp3) is 0.179. The van der Waals surface area contributed by atoms with Crippen molar-refractivity contribution in [3.8, 4) is 5.75 Å². The smallest absolute Gasteiger partial charge is 0.124 e. The van der Waals surface area contributed by atoms with E-state index in [0.29, 0.717) is 6.42 Å². The van der Waals surface area contributed by atoms with Gasteiger partial charge in [0.05, 0.1) is 5.52 Å². The van der Waals surface area contributed by atoms with E-state index in [1.807, 2.05) is 30.3 Å². The summed E-state index contributed by atoms with van der Waals surface area (Å²) in [6.45, 7) is 0.226. The van der Waals surface area contributed by atoms with Crippen LogP contribution in [0.25, 0.3) is 32.4 Å². The van der Waals surface area contributed by atoms with Gasteiger partial charge in [-0.25, -0.2) is 0 Å². The van der Waals surface area contributed by atoms with Gasteiger partial charge in [-0.3, -0.25) is 4.98 Å². The molecular weight excluding hydrogens is 382 g/mol. The molecule has 0 saturated carbocycles. The number of aryl methyl sites for hydroxylation is 1. The molecule has 0 aliphatic heterocycles. The first-order valence-electron chi connectivity index (χ1n) is 10.9. The van der Waals surface area contributed by atoms with Crippen LogP contribution >= 0.6 is 0 Å². The van der Waals surface area contributed by atoms with E-state index in [0.717, 1.165) is 40.4 Å². The molecule has 0 spiro atoms. The van der Waals surface area contributed by atoms with Crippen LogP contribution in [0, 0.1) is 0 Å². The predicted molar refractivity (Wildman–Crippen MR) is 126 cm³/mol. The molecule has 0 saturated heterocycles. The largest absolute Gasteiger partial charge is 0.490 e. The van der Waals surface area contributed by atoms with Crippen LogP contribution in [0.2, 0.25) is 0 Å². The molecule has 152 valence electrons. The Morgan fingerprint density at radius 2 is 1.68 bits per heavy atom. The van der Waals surface area contributed by atoms with Gasteiger partial charge in [-0.15, -0.1) is 0 Å². The number of hydrogen-bond acceptors (Lipinski definition) is 3. The van der Waals surface area contributed by atoms with Gasteiger partial charge in [0, 0.05) is 17.6 Å². The Labute approximate surface area is 180 Å². The lowest BCUT2D eigenvalue weighted by atomic mass is 9.76. The maximum absolute atomic E-state index is 11.8. The van der Waals surface area contributed by atoms with Gasteiger partial charge < -0.3 is 9.84 Å². The summed E-state index contributed by atoms with van der Waals surface area (Å²) in [7, 11) is 0. The van der Waals surface area contributed by atoms with Gasteiger partial charge in [0.2, 0.25) is 0 Å². The highest BCUT2D eigenvalue weighted by Gasteiger charge is 2.37. The third kappa shape index (κ3) is 3.05. The zero-order valence-electron chi connectivity index (χ0n) is 17.2. The lowest BCUT2D eigenvalue weighted by molar-refractivity contribution is -0.0225. The van der Waals surface area contributed by atoms with E-state index >= 15 is 0 Å². The number of aromatic nitrogens is 1. The summed E-state index contributed by atoms with van der Waals surface area (Å²) in [5.74, 6) is 0.734. The molecule has 1 aliphatic carbocycles. The molecule has 6 rings (SSSR count). The first-order chi connectivity index (χ1) is 15.2. The first kappa shape index (κ1) is 18.3. The number of fused-ring (bicyclic) bond motifs is 6. The summed E-state index contributed by atoms with van der Waals surface area (Å²) in [5.41, 5.74) is 2.13. The monoisotopic (exact) mass is 405 g/mol. The van der Waals surface area contributed by atoms with Gasteiger partial charge in [0.25, 0.3) is 0 Å². The van der Waals surface area contributed by atoms with Crippen LogP contribution in [0.4, 0.5) is 0 Å². The molecular formula is C28H23NO2. The fourth-order valence-electron chi connectivity index (χ4n) is 5.07. The van der Waals surface area contributed by atoms with Gasteiger partial charge in [-0.1, -0.05) is 54.6 Å². The second kappa shape index (κ2) is 7.07. The summed E-state index contributed by atoms with van der Waals surface area (Å²) in [5, 5.41) is 17.7. The third-order valence-corrected chi connectivity index (χ3v) is 6.57. The topological polar surface area (TPSA) is 42.4 Å². The molecule has 1 heterocycles. The maximum atomic E-state index is 11.8. The number of ether oxygens (including phenoxy) is 1. The minimum atomic E-state index is -1.02. The minimum absolute atomic E-state index is 0.226. The normalized spacial score (nSPS) is 18.4. The van der Waals surface area contributed by atoms with Crippen molar-refractivity contribution in [1.82, 2.24) is 4.98 Å². The SMILES string of the molecule is OC1(COc2ccc3cccnc3c2)CCCc2ccc3c(ccc4ccccc43)c21. The summed E-state index contributed by atoms with van der Waals surface area (Å²) < 4.78 is 6.16. The average Bonchev–Trinajstić information content (AvgIpc) is 2.82. The van der Waals surface area contributed by atoms with Gasteiger partial charge >= 0.3 is 0 Å². The third-order valence-electron chi connectivity index (χ3n) is 6.57. The molecule has 4 aromatic carbocycles. The zero-order chi connectivity index (χ0) is 20.8. The molecule has 0 amide bonds. The Morgan fingerprint density at radius 3 is 2.65 bits per heavy atom. The van der Waals surface area contributed by atoms with E-state index in [9.17, 15) is 5.11 Å². The van der Waals surface area contributed by atoms with Crippen LogP contribution in [0.3, 0.4) is 0 Å². The molecule has 1 aliphatic rings. The number of aliphatic hydroxyl groups is 1. The highest BCUT2D eigenvalue weighted by molar-refractivity contribution is 6.09. The van der Waals surface area contributed by atoms with Gasteiger partial charge in [0.15, 0.2) is 0 Å². The molecule has 3 heteroatoms. The summed E-state index contributed by atoms with van der Waals surface area (Å²) in [6.07, 6.45) is 4.41. The second-order valence-electron chi connectivity index (χ2n) is 8.51. The van der Waals surface area contributed by atoms with Gasteiger partial charge in [-0.05, 0) is 70.1 Å². The molecule has 1 N–H and O–H groups in total. The molecule has 5 aromatic rings. The van der Waals surface area contributed by atoms with Crippen LogP contribution < -0.4 is 4.74 Å². The number of benzene rings is 4. The summed E-state index contributed by atoms with van der Waals surface area (Å²) in [4.78, 5) is 4.42. The zero-order valence-corrected chi connectivity index (χ0v) is 17.2. The number of rotatable bonds is 3. The van der Waals surface area contributed by atoms with Crippen molar-refractivity contribution >= 4 is 32.4 Å². The Balaban J connectivity index is 1.43. The molecule has 1 atom stereocenters. The lowest BCUT2D eigenvalue weighted by Crippen LogP contribution is -2.37. The van der Waals surface area contributed by atoms with Crippen molar-refractivity contribution in [1.29, 1.82) is 0 Å². The maximum Gasteiger partial charge on any atom is 0.124 e. The van der Waals surface area contributed by atoms with E-state index in [-0.39, 0.29) is 6.61 Å². The second-order valence-corrected chi connectivity index (χ2v) is 8.51. The van der Waals surface area contributed by atoms with E-state index in [1.165, 1.54) is 21.7 Å². The Morgan fingerprint density at radius 1 is 0.839 bits per heavy atom. The highest BCUT2D eigenvalue weighted by atomic mass is 16.5. The van der Waals surface area contributed by atoms with Crippen molar-refractivity contribution in [2.24, 2.45) is 0 Å². The van der Waals surface area contributed by atoms with E-state index < -0.39 is 5.60 Å². The van der Waals surface area contributed by atoms with Crippen LogP contribution in [-0.4, -0.2) is 16.7 Å². The van der Waals surface area contributed by atoms with Crippen molar-refractivity contribution in [3.63, 3.8) is 0 Å². The van der Waals surface area contributed by atoms with Crippen LogP contribution in [0.15, 0.2) is 85.1 Å². The van der Waals surface area contributed by atoms with Crippen molar-refractivity contribution in [2.75, 3.05) is 6.61 Å². The van der Waals surface area contributed by atoms with Crippen molar-refractivity contribution in [2.45, 2.75) is 24.9 Å². The fourth-order valence-corrected chi connectivity index (χ4v) is 5.07. The van der Waals surface area contributed by atoms with Crippen molar-refractivity contribution < 1.29 is 9.84 Å². The summed E-state index contributed by atoms with van der Waals surface area (Å²) in [6, 6.07) is 27.0. The Hall–Kier alpha value is -3.43. The summed E-state index contributed by atoms with van der Waals surface area (Å²) >= 11 is 0. The molecule has 3 nitrogen and oxygen atoms in total. The quantitative estimate of drug-likeness (QED) is 0.366. The Bertz CT molecular complexity index is 1440. The first-order valence-corrected chi connectivity index (χ1v) is 10.9. The molecule has 1 aromatic heterocycles. The average molecular weight is 405 g/mol. The van der Waals surface area contributed by atoms with Crippen LogP contribution in [-0.2, 0) is 12.0 Å². The molecule has 31 heavy (non-hydrogen) atoms. The van der Waals surface area contributed by atoms with Crippen LogP contribution in [0.5, 0.6) is 5.75 Å². The minimum Gasteiger partial charge on any atom is -0.490 e. The number of nitrogens with zero attached hydrogens (tertiary/aromatic N) is 1. The van der Waals surface area contributed by atoms with E-state index in [4.69, 9.17) is 4.74 Å². The lowest BCUT2D eigenvalue weighted by Gasteiger charge is -2.35.